The molecule has 2 rings (SSSR count). The summed E-state index contributed by atoms with van der Waals surface area (Å²) in [6, 6.07) is 0. The van der Waals surface area contributed by atoms with E-state index in [2.05, 4.69) is 0 Å². The normalized spacial score (nSPS) is 25.3. The predicted octanol–water partition coefficient (Wildman–Crippen LogP) is 0.505. The molecule has 2 saturated heterocycles. The standard InChI is InChI=1S/C13H21NO5/c15-12(16)2-1-10-3-5-14(6-4-10)13(17)11-9-18-7-8-19-11/h10-11H,1-9H2,(H,15,16). The van der Waals surface area contributed by atoms with Crippen molar-refractivity contribution in [2.75, 3.05) is 32.9 Å². The third-order valence-corrected chi connectivity index (χ3v) is 3.78. The molecule has 1 unspecified atom stereocenters. The molecule has 6 heteroatoms. The van der Waals surface area contributed by atoms with E-state index in [4.69, 9.17) is 14.6 Å². The number of nitrogens with zero attached hydrogens (tertiary/aromatic N) is 1. The summed E-state index contributed by atoms with van der Waals surface area (Å²) in [7, 11) is 0. The number of ether oxygens (including phenoxy) is 2. The second-order valence-corrected chi connectivity index (χ2v) is 5.14. The summed E-state index contributed by atoms with van der Waals surface area (Å²) < 4.78 is 10.6. The second kappa shape index (κ2) is 6.86. The zero-order valence-electron chi connectivity index (χ0n) is 11.0. The van der Waals surface area contributed by atoms with Gasteiger partial charge in [-0.2, -0.15) is 0 Å². The fourth-order valence-electron chi connectivity index (χ4n) is 2.60. The lowest BCUT2D eigenvalue weighted by atomic mass is 9.92. The highest BCUT2D eigenvalue weighted by molar-refractivity contribution is 5.81. The molecular formula is C13H21NO5. The number of carbonyl (C=O) groups excluding carboxylic acids is 1. The lowest BCUT2D eigenvalue weighted by Gasteiger charge is -2.34. The number of carbonyl (C=O) groups is 2. The van der Waals surface area contributed by atoms with Crippen LogP contribution in [0.5, 0.6) is 0 Å². The minimum Gasteiger partial charge on any atom is -0.481 e. The van der Waals surface area contributed by atoms with Gasteiger partial charge in [0.15, 0.2) is 6.10 Å². The van der Waals surface area contributed by atoms with Crippen LogP contribution in [0, 0.1) is 5.92 Å². The Morgan fingerprint density at radius 2 is 1.95 bits per heavy atom. The molecule has 1 atom stereocenters. The number of rotatable bonds is 4. The Balaban J connectivity index is 1.72. The number of hydrogen-bond donors (Lipinski definition) is 1. The van der Waals surface area contributed by atoms with Gasteiger partial charge in [-0.15, -0.1) is 0 Å². The third-order valence-electron chi connectivity index (χ3n) is 3.78. The smallest absolute Gasteiger partial charge is 0.303 e. The van der Waals surface area contributed by atoms with Gasteiger partial charge in [-0.05, 0) is 25.2 Å². The summed E-state index contributed by atoms with van der Waals surface area (Å²) in [6.45, 7) is 2.77. The van der Waals surface area contributed by atoms with Gasteiger partial charge in [0.1, 0.15) is 0 Å². The maximum absolute atomic E-state index is 12.2. The number of amides is 1. The Bertz CT molecular complexity index is 319. The molecule has 19 heavy (non-hydrogen) atoms. The van der Waals surface area contributed by atoms with Crippen LogP contribution >= 0.6 is 0 Å². The first-order chi connectivity index (χ1) is 9.16. The first kappa shape index (κ1) is 14.3. The molecule has 108 valence electrons. The molecule has 1 N–H and O–H groups in total. The molecule has 0 saturated carbocycles. The van der Waals surface area contributed by atoms with Crippen molar-refractivity contribution >= 4 is 11.9 Å². The number of carboxylic acids is 1. The number of aliphatic carboxylic acids is 1. The molecule has 6 nitrogen and oxygen atoms in total. The Kier molecular flexibility index (Phi) is 5.15. The lowest BCUT2D eigenvalue weighted by molar-refractivity contribution is -0.159. The quantitative estimate of drug-likeness (QED) is 0.806. The van der Waals surface area contributed by atoms with Crippen LogP contribution in [0.3, 0.4) is 0 Å². The van der Waals surface area contributed by atoms with E-state index in [-0.39, 0.29) is 12.3 Å². The van der Waals surface area contributed by atoms with Crippen LogP contribution in [0.1, 0.15) is 25.7 Å². The van der Waals surface area contributed by atoms with Crippen LogP contribution in [-0.4, -0.2) is 60.9 Å². The zero-order chi connectivity index (χ0) is 13.7. The zero-order valence-corrected chi connectivity index (χ0v) is 11.0. The highest BCUT2D eigenvalue weighted by Gasteiger charge is 2.30. The average Bonchev–Trinajstić information content (AvgIpc) is 2.46. The van der Waals surface area contributed by atoms with Crippen LogP contribution in [0.15, 0.2) is 0 Å². The summed E-state index contributed by atoms with van der Waals surface area (Å²) >= 11 is 0. The molecule has 0 aromatic heterocycles. The van der Waals surface area contributed by atoms with E-state index in [9.17, 15) is 9.59 Å². The molecule has 1 amide bonds. The molecule has 0 bridgehead atoms. The maximum atomic E-state index is 12.2. The molecule has 0 aliphatic carbocycles. The minimum atomic E-state index is -0.744. The molecule has 2 aliphatic heterocycles. The van der Waals surface area contributed by atoms with Gasteiger partial charge < -0.3 is 19.5 Å². The van der Waals surface area contributed by atoms with Crippen molar-refractivity contribution in [2.24, 2.45) is 5.92 Å². The molecule has 2 aliphatic rings. The first-order valence-electron chi connectivity index (χ1n) is 6.86. The third kappa shape index (κ3) is 4.18. The molecular weight excluding hydrogens is 250 g/mol. The molecule has 0 aromatic carbocycles. The van der Waals surface area contributed by atoms with E-state index in [1.54, 1.807) is 0 Å². The van der Waals surface area contributed by atoms with E-state index in [1.807, 2.05) is 4.90 Å². The van der Waals surface area contributed by atoms with Gasteiger partial charge in [-0.3, -0.25) is 9.59 Å². The van der Waals surface area contributed by atoms with Crippen molar-refractivity contribution in [3.63, 3.8) is 0 Å². The fraction of sp³-hybridized carbons (Fsp3) is 0.846. The summed E-state index contributed by atoms with van der Waals surface area (Å²) in [5.41, 5.74) is 0. The number of hydrogen-bond acceptors (Lipinski definition) is 4. The summed E-state index contributed by atoms with van der Waals surface area (Å²) in [5, 5.41) is 8.66. The predicted molar refractivity (Wildman–Crippen MR) is 66.7 cm³/mol. The van der Waals surface area contributed by atoms with Crippen molar-refractivity contribution in [2.45, 2.75) is 31.8 Å². The van der Waals surface area contributed by atoms with Crippen molar-refractivity contribution in [1.82, 2.24) is 4.90 Å². The Hall–Kier alpha value is -1.14. The van der Waals surface area contributed by atoms with Crippen LogP contribution in [-0.2, 0) is 19.1 Å². The van der Waals surface area contributed by atoms with E-state index in [1.165, 1.54) is 0 Å². The Morgan fingerprint density at radius 3 is 2.53 bits per heavy atom. The van der Waals surface area contributed by atoms with Gasteiger partial charge in [-0.25, -0.2) is 0 Å². The van der Waals surface area contributed by atoms with Crippen molar-refractivity contribution in [3.8, 4) is 0 Å². The monoisotopic (exact) mass is 271 g/mol. The van der Waals surface area contributed by atoms with Gasteiger partial charge >= 0.3 is 5.97 Å². The second-order valence-electron chi connectivity index (χ2n) is 5.14. The van der Waals surface area contributed by atoms with Crippen molar-refractivity contribution < 1.29 is 24.2 Å². The molecule has 2 fully saturated rings. The van der Waals surface area contributed by atoms with E-state index in [0.717, 1.165) is 12.8 Å². The Labute approximate surface area is 112 Å². The molecule has 2 heterocycles. The molecule has 0 aromatic rings. The van der Waals surface area contributed by atoms with E-state index < -0.39 is 12.1 Å². The maximum Gasteiger partial charge on any atom is 0.303 e. The first-order valence-corrected chi connectivity index (χ1v) is 6.86. The van der Waals surface area contributed by atoms with Crippen LogP contribution in [0.2, 0.25) is 0 Å². The van der Waals surface area contributed by atoms with Crippen molar-refractivity contribution in [1.29, 1.82) is 0 Å². The lowest BCUT2D eigenvalue weighted by Crippen LogP contribution is -2.48. The van der Waals surface area contributed by atoms with Gasteiger partial charge in [0.2, 0.25) is 0 Å². The summed E-state index contributed by atoms with van der Waals surface area (Å²) in [4.78, 5) is 24.5. The van der Waals surface area contributed by atoms with Crippen molar-refractivity contribution in [3.05, 3.63) is 0 Å². The van der Waals surface area contributed by atoms with E-state index in [0.29, 0.717) is 45.2 Å². The molecule has 0 spiro atoms. The fourth-order valence-corrected chi connectivity index (χ4v) is 2.60. The van der Waals surface area contributed by atoms with Gasteiger partial charge in [0.25, 0.3) is 5.91 Å². The Morgan fingerprint density at radius 1 is 1.21 bits per heavy atom. The largest absolute Gasteiger partial charge is 0.481 e. The van der Waals surface area contributed by atoms with E-state index >= 15 is 0 Å². The summed E-state index contributed by atoms with van der Waals surface area (Å²) in [6.07, 6.45) is 2.24. The number of likely N-dealkylation sites (tertiary alicyclic amines) is 1. The van der Waals surface area contributed by atoms with Gasteiger partial charge in [-0.1, -0.05) is 0 Å². The minimum absolute atomic E-state index is 0.0105. The molecule has 0 radical (unpaired) electrons. The SMILES string of the molecule is O=C(O)CCC1CCN(C(=O)C2COCCO2)CC1. The van der Waals surface area contributed by atoms with Crippen LogP contribution < -0.4 is 0 Å². The summed E-state index contributed by atoms with van der Waals surface area (Å²) in [5.74, 6) is -0.314. The number of carboxylic acid groups (broad SMARTS) is 1. The van der Waals surface area contributed by atoms with Crippen LogP contribution in [0.25, 0.3) is 0 Å². The highest BCUT2D eigenvalue weighted by atomic mass is 16.6. The highest BCUT2D eigenvalue weighted by Crippen LogP contribution is 2.22. The number of piperidine rings is 1. The van der Waals surface area contributed by atoms with Gasteiger partial charge in [0, 0.05) is 19.5 Å². The van der Waals surface area contributed by atoms with Crippen LogP contribution in [0.4, 0.5) is 0 Å². The van der Waals surface area contributed by atoms with Gasteiger partial charge in [0.05, 0.1) is 19.8 Å². The average molecular weight is 271 g/mol. The topological polar surface area (TPSA) is 76.1 Å².